The van der Waals surface area contributed by atoms with Crippen molar-refractivity contribution in [2.75, 3.05) is 11.1 Å². The van der Waals surface area contributed by atoms with Crippen LogP contribution in [0.5, 0.6) is 0 Å². The maximum atomic E-state index is 13.3. The average Bonchev–Trinajstić information content (AvgIpc) is 3.06. The largest absolute Gasteiger partial charge is 0.325 e. The number of aromatic nitrogens is 3. The summed E-state index contributed by atoms with van der Waals surface area (Å²) in [5, 5.41) is 11.6. The van der Waals surface area contributed by atoms with Gasteiger partial charge < -0.3 is 5.32 Å². The summed E-state index contributed by atoms with van der Waals surface area (Å²) in [5.41, 5.74) is 2.21. The van der Waals surface area contributed by atoms with Gasteiger partial charge in [-0.25, -0.2) is 8.78 Å². The van der Waals surface area contributed by atoms with Gasteiger partial charge in [-0.05, 0) is 24.6 Å². The number of thioether (sulfide) groups is 1. The van der Waals surface area contributed by atoms with E-state index in [-0.39, 0.29) is 17.3 Å². The van der Waals surface area contributed by atoms with E-state index in [1.54, 1.807) is 6.08 Å². The van der Waals surface area contributed by atoms with E-state index in [1.807, 2.05) is 35.8 Å². The number of hydrogen-bond donors (Lipinski definition) is 1. The molecule has 0 fully saturated rings. The number of benzene rings is 2. The molecule has 0 unspecified atom stereocenters. The van der Waals surface area contributed by atoms with Crippen LogP contribution in [-0.4, -0.2) is 26.4 Å². The highest BCUT2D eigenvalue weighted by molar-refractivity contribution is 7.99. The quantitative estimate of drug-likeness (QED) is 0.470. The van der Waals surface area contributed by atoms with Crippen molar-refractivity contribution in [1.29, 1.82) is 0 Å². The fourth-order valence-electron chi connectivity index (χ4n) is 2.61. The summed E-state index contributed by atoms with van der Waals surface area (Å²) < 4.78 is 28.1. The number of carbonyl (C=O) groups excluding carboxylic acids is 1. The first-order chi connectivity index (χ1) is 13.5. The maximum Gasteiger partial charge on any atom is 0.234 e. The Labute approximate surface area is 165 Å². The van der Waals surface area contributed by atoms with Gasteiger partial charge >= 0.3 is 0 Å². The molecule has 0 saturated carbocycles. The topological polar surface area (TPSA) is 59.8 Å². The third kappa shape index (κ3) is 4.45. The Morgan fingerprint density at radius 2 is 2.00 bits per heavy atom. The van der Waals surface area contributed by atoms with Gasteiger partial charge in [0.15, 0.2) is 22.6 Å². The SMILES string of the molecule is C=CCn1c(SCC(=O)Nc2ccc(F)c(F)c2)nnc1-c1ccccc1C. The molecule has 1 amide bonds. The minimum atomic E-state index is -1.01. The number of carbonyl (C=O) groups is 1. The molecule has 0 atom stereocenters. The molecule has 3 rings (SSSR count). The van der Waals surface area contributed by atoms with Crippen molar-refractivity contribution in [3.63, 3.8) is 0 Å². The van der Waals surface area contributed by atoms with Crippen LogP contribution in [0.2, 0.25) is 0 Å². The molecule has 0 radical (unpaired) electrons. The number of nitrogens with zero attached hydrogens (tertiary/aromatic N) is 3. The number of aryl methyl sites for hydroxylation is 1. The molecule has 0 saturated heterocycles. The Morgan fingerprint density at radius 3 is 2.71 bits per heavy atom. The van der Waals surface area contributed by atoms with Gasteiger partial charge in [-0.1, -0.05) is 42.1 Å². The minimum Gasteiger partial charge on any atom is -0.325 e. The van der Waals surface area contributed by atoms with Crippen LogP contribution in [0.15, 0.2) is 60.3 Å². The zero-order chi connectivity index (χ0) is 20.1. The second kappa shape index (κ2) is 8.79. The van der Waals surface area contributed by atoms with Gasteiger partial charge in [-0.15, -0.1) is 16.8 Å². The van der Waals surface area contributed by atoms with E-state index in [2.05, 4.69) is 22.1 Å². The molecule has 0 aliphatic carbocycles. The van der Waals surface area contributed by atoms with Crippen molar-refractivity contribution < 1.29 is 13.6 Å². The van der Waals surface area contributed by atoms with Gasteiger partial charge in [0.1, 0.15) is 0 Å². The molecule has 0 aliphatic rings. The lowest BCUT2D eigenvalue weighted by Gasteiger charge is -2.09. The van der Waals surface area contributed by atoms with Crippen molar-refractivity contribution in [2.45, 2.75) is 18.6 Å². The number of anilines is 1. The highest BCUT2D eigenvalue weighted by atomic mass is 32.2. The normalized spacial score (nSPS) is 10.7. The molecular formula is C20H18F2N4OS. The highest BCUT2D eigenvalue weighted by Crippen LogP contribution is 2.26. The van der Waals surface area contributed by atoms with Crippen molar-refractivity contribution >= 4 is 23.4 Å². The molecule has 0 aliphatic heterocycles. The van der Waals surface area contributed by atoms with E-state index in [9.17, 15) is 13.6 Å². The molecule has 2 aromatic carbocycles. The van der Waals surface area contributed by atoms with Crippen LogP contribution in [0.25, 0.3) is 11.4 Å². The second-order valence-electron chi connectivity index (χ2n) is 5.99. The molecule has 1 aromatic heterocycles. The first kappa shape index (κ1) is 19.8. The summed E-state index contributed by atoms with van der Waals surface area (Å²) in [6.07, 6.45) is 1.73. The van der Waals surface area contributed by atoms with Crippen LogP contribution in [0.4, 0.5) is 14.5 Å². The van der Waals surface area contributed by atoms with E-state index in [0.29, 0.717) is 17.5 Å². The summed E-state index contributed by atoms with van der Waals surface area (Å²) in [4.78, 5) is 12.2. The molecule has 5 nitrogen and oxygen atoms in total. The first-order valence-electron chi connectivity index (χ1n) is 8.47. The number of nitrogens with one attached hydrogen (secondary N) is 1. The van der Waals surface area contributed by atoms with Gasteiger partial charge in [0.05, 0.1) is 5.75 Å². The molecule has 3 aromatic rings. The maximum absolute atomic E-state index is 13.3. The average molecular weight is 400 g/mol. The number of halogens is 2. The van der Waals surface area contributed by atoms with Crippen LogP contribution in [0, 0.1) is 18.6 Å². The van der Waals surface area contributed by atoms with Gasteiger partial charge in [0.25, 0.3) is 0 Å². The fourth-order valence-corrected chi connectivity index (χ4v) is 3.36. The summed E-state index contributed by atoms with van der Waals surface area (Å²) in [5.74, 6) is -1.60. The smallest absolute Gasteiger partial charge is 0.234 e. The molecule has 28 heavy (non-hydrogen) atoms. The fraction of sp³-hybridized carbons (Fsp3) is 0.150. The number of amides is 1. The highest BCUT2D eigenvalue weighted by Gasteiger charge is 2.16. The van der Waals surface area contributed by atoms with Crippen LogP contribution in [-0.2, 0) is 11.3 Å². The van der Waals surface area contributed by atoms with Crippen LogP contribution >= 0.6 is 11.8 Å². The van der Waals surface area contributed by atoms with Gasteiger partial charge in [0.2, 0.25) is 5.91 Å². The predicted octanol–water partition coefficient (Wildman–Crippen LogP) is 4.45. The predicted molar refractivity (Wildman–Crippen MR) is 106 cm³/mol. The Hall–Kier alpha value is -3.00. The summed E-state index contributed by atoms with van der Waals surface area (Å²) in [6, 6.07) is 11.0. The van der Waals surface area contributed by atoms with Crippen LogP contribution in [0.1, 0.15) is 5.56 Å². The molecule has 0 bridgehead atoms. The Morgan fingerprint density at radius 1 is 1.21 bits per heavy atom. The standard InChI is InChI=1S/C20H18F2N4OS/c1-3-10-26-19(15-7-5-4-6-13(15)2)24-25-20(26)28-12-18(27)23-14-8-9-16(21)17(22)11-14/h3-9,11H,1,10,12H2,2H3,(H,23,27). The molecule has 1 N–H and O–H groups in total. The number of rotatable bonds is 7. The Kier molecular flexibility index (Phi) is 6.20. The van der Waals surface area contributed by atoms with Gasteiger partial charge in [0, 0.05) is 23.9 Å². The van der Waals surface area contributed by atoms with Gasteiger partial charge in [-0.3, -0.25) is 9.36 Å². The van der Waals surface area contributed by atoms with Crippen molar-refractivity contribution in [2.24, 2.45) is 0 Å². The third-order valence-corrected chi connectivity index (χ3v) is 4.92. The first-order valence-corrected chi connectivity index (χ1v) is 9.46. The monoisotopic (exact) mass is 400 g/mol. The zero-order valence-electron chi connectivity index (χ0n) is 15.2. The van der Waals surface area contributed by atoms with E-state index >= 15 is 0 Å². The van der Waals surface area contributed by atoms with Gasteiger partial charge in [-0.2, -0.15) is 0 Å². The number of allylic oxidation sites excluding steroid dienone is 1. The summed E-state index contributed by atoms with van der Waals surface area (Å²) in [6.45, 7) is 6.25. The lowest BCUT2D eigenvalue weighted by molar-refractivity contribution is -0.113. The molecular weight excluding hydrogens is 382 g/mol. The molecule has 144 valence electrons. The number of hydrogen-bond acceptors (Lipinski definition) is 4. The van der Waals surface area contributed by atoms with Crippen LogP contribution < -0.4 is 5.32 Å². The van der Waals surface area contributed by atoms with E-state index in [1.165, 1.54) is 17.8 Å². The molecule has 0 spiro atoms. The lowest BCUT2D eigenvalue weighted by atomic mass is 10.1. The van der Waals surface area contributed by atoms with E-state index in [4.69, 9.17) is 0 Å². The van der Waals surface area contributed by atoms with Crippen LogP contribution in [0.3, 0.4) is 0 Å². The van der Waals surface area contributed by atoms with Crippen molar-refractivity contribution in [1.82, 2.24) is 14.8 Å². The second-order valence-corrected chi connectivity index (χ2v) is 6.93. The van der Waals surface area contributed by atoms with Crippen molar-refractivity contribution in [3.05, 3.63) is 72.3 Å². The zero-order valence-corrected chi connectivity index (χ0v) is 16.0. The Bertz CT molecular complexity index is 1020. The summed E-state index contributed by atoms with van der Waals surface area (Å²) in [7, 11) is 0. The third-order valence-electron chi connectivity index (χ3n) is 3.95. The lowest BCUT2D eigenvalue weighted by Crippen LogP contribution is -2.15. The summed E-state index contributed by atoms with van der Waals surface area (Å²) >= 11 is 1.20. The van der Waals surface area contributed by atoms with E-state index < -0.39 is 11.6 Å². The van der Waals surface area contributed by atoms with E-state index in [0.717, 1.165) is 23.3 Å². The molecule has 8 heteroatoms. The molecule has 1 heterocycles. The van der Waals surface area contributed by atoms with Crippen molar-refractivity contribution in [3.8, 4) is 11.4 Å². The Balaban J connectivity index is 1.73. The minimum absolute atomic E-state index is 0.0437.